The number of rotatable bonds is 1. The molecule has 0 unspecified atom stereocenters. The average Bonchev–Trinajstić information content (AvgIpc) is 2.20. The van der Waals surface area contributed by atoms with Gasteiger partial charge in [-0.1, -0.05) is 11.6 Å². The Hall–Kier alpha value is -1.48. The van der Waals surface area contributed by atoms with E-state index in [4.69, 9.17) is 11.6 Å². The van der Waals surface area contributed by atoms with Crippen LogP contribution in [-0.2, 0) is 0 Å². The Morgan fingerprint density at radius 2 is 1.80 bits per heavy atom. The molecule has 0 aliphatic heterocycles. The normalized spacial score (nSPS) is 10.3. The molecule has 76 valence electrons. The van der Waals surface area contributed by atoms with Gasteiger partial charge in [-0.05, 0) is 42.8 Å². The lowest BCUT2D eigenvalue weighted by Gasteiger charge is -2.03. The summed E-state index contributed by atoms with van der Waals surface area (Å²) in [5.74, 6) is -0.265. The quantitative estimate of drug-likeness (QED) is 0.740. The fraction of sp³-hybridized carbons (Fsp3) is 0.0909. The lowest BCUT2D eigenvalue weighted by atomic mass is 10.1. The van der Waals surface area contributed by atoms with Crippen LogP contribution in [-0.4, -0.2) is 10.2 Å². The lowest BCUT2D eigenvalue weighted by Crippen LogP contribution is -1.92. The Kier molecular flexibility index (Phi) is 2.64. The zero-order valence-electron chi connectivity index (χ0n) is 8.04. The van der Waals surface area contributed by atoms with Gasteiger partial charge in [0, 0.05) is 5.56 Å². The van der Waals surface area contributed by atoms with Gasteiger partial charge < -0.3 is 0 Å². The highest BCUT2D eigenvalue weighted by atomic mass is 35.5. The van der Waals surface area contributed by atoms with Gasteiger partial charge in [-0.15, -0.1) is 10.2 Å². The second kappa shape index (κ2) is 3.95. The van der Waals surface area contributed by atoms with E-state index in [0.29, 0.717) is 5.15 Å². The summed E-state index contributed by atoms with van der Waals surface area (Å²) in [6, 6.07) is 7.85. The maximum atomic E-state index is 12.7. The molecular formula is C11H8ClFN2. The summed E-state index contributed by atoms with van der Waals surface area (Å²) in [5.41, 5.74) is 2.47. The van der Waals surface area contributed by atoms with E-state index in [1.165, 1.54) is 12.1 Å². The maximum absolute atomic E-state index is 12.7. The van der Waals surface area contributed by atoms with Crippen LogP contribution in [0.4, 0.5) is 4.39 Å². The topological polar surface area (TPSA) is 25.8 Å². The summed E-state index contributed by atoms with van der Waals surface area (Å²) in [4.78, 5) is 0. The molecule has 0 saturated heterocycles. The van der Waals surface area contributed by atoms with Crippen molar-refractivity contribution in [2.45, 2.75) is 6.92 Å². The second-order valence-corrected chi connectivity index (χ2v) is 3.59. The first-order chi connectivity index (χ1) is 7.16. The van der Waals surface area contributed by atoms with Gasteiger partial charge in [-0.25, -0.2) is 4.39 Å². The van der Waals surface area contributed by atoms with Crippen molar-refractivity contribution in [2.24, 2.45) is 0 Å². The third-order valence-corrected chi connectivity index (χ3v) is 2.26. The third-order valence-electron chi connectivity index (χ3n) is 2.07. The van der Waals surface area contributed by atoms with Gasteiger partial charge in [-0.2, -0.15) is 0 Å². The average molecular weight is 223 g/mol. The minimum atomic E-state index is -0.265. The molecule has 0 fully saturated rings. The molecule has 0 spiro atoms. The number of halogens is 2. The van der Waals surface area contributed by atoms with Crippen molar-refractivity contribution in [1.29, 1.82) is 0 Å². The summed E-state index contributed by atoms with van der Waals surface area (Å²) >= 11 is 5.70. The van der Waals surface area contributed by atoms with Gasteiger partial charge in [0.1, 0.15) is 5.82 Å². The van der Waals surface area contributed by atoms with Gasteiger partial charge in [0.25, 0.3) is 0 Å². The molecule has 2 aromatic rings. The van der Waals surface area contributed by atoms with Crippen molar-refractivity contribution in [3.63, 3.8) is 0 Å². The van der Waals surface area contributed by atoms with Gasteiger partial charge >= 0.3 is 0 Å². The molecule has 0 aliphatic rings. The molecule has 0 saturated carbocycles. The fourth-order valence-corrected chi connectivity index (χ4v) is 1.55. The number of nitrogens with zero attached hydrogens (tertiary/aromatic N) is 2. The zero-order valence-corrected chi connectivity index (χ0v) is 8.79. The number of hydrogen-bond donors (Lipinski definition) is 0. The van der Waals surface area contributed by atoms with Gasteiger partial charge in [0.05, 0.1) is 5.69 Å². The summed E-state index contributed by atoms with van der Waals surface area (Å²) in [7, 11) is 0. The Balaban J connectivity index is 2.49. The van der Waals surface area contributed by atoms with Crippen molar-refractivity contribution < 1.29 is 4.39 Å². The van der Waals surface area contributed by atoms with Crippen molar-refractivity contribution in [1.82, 2.24) is 10.2 Å². The van der Waals surface area contributed by atoms with Crippen LogP contribution in [0.5, 0.6) is 0 Å². The summed E-state index contributed by atoms with van der Waals surface area (Å²) in [5, 5.41) is 8.09. The van der Waals surface area contributed by atoms with Crippen LogP contribution >= 0.6 is 11.6 Å². The summed E-state index contributed by atoms with van der Waals surface area (Å²) < 4.78 is 12.7. The lowest BCUT2D eigenvalue weighted by molar-refractivity contribution is 0.628. The molecule has 0 amide bonds. The largest absolute Gasteiger partial charge is 0.207 e. The van der Waals surface area contributed by atoms with Crippen LogP contribution < -0.4 is 0 Å². The summed E-state index contributed by atoms with van der Waals surface area (Å²) in [6.45, 7) is 1.89. The van der Waals surface area contributed by atoms with E-state index in [-0.39, 0.29) is 5.82 Å². The Morgan fingerprint density at radius 3 is 2.40 bits per heavy atom. The van der Waals surface area contributed by atoms with Crippen molar-refractivity contribution >= 4 is 11.6 Å². The molecule has 0 atom stereocenters. The molecule has 0 radical (unpaired) electrons. The zero-order chi connectivity index (χ0) is 10.8. The highest BCUT2D eigenvalue weighted by Crippen LogP contribution is 2.21. The van der Waals surface area contributed by atoms with Gasteiger partial charge in [-0.3, -0.25) is 0 Å². The molecule has 15 heavy (non-hydrogen) atoms. The molecular weight excluding hydrogens is 215 g/mol. The smallest absolute Gasteiger partial charge is 0.152 e. The van der Waals surface area contributed by atoms with E-state index in [9.17, 15) is 4.39 Å². The van der Waals surface area contributed by atoms with Gasteiger partial charge in [0.2, 0.25) is 0 Å². The summed E-state index contributed by atoms with van der Waals surface area (Å²) in [6.07, 6.45) is 0. The monoisotopic (exact) mass is 222 g/mol. The number of aryl methyl sites for hydroxylation is 1. The predicted octanol–water partition coefficient (Wildman–Crippen LogP) is 3.24. The maximum Gasteiger partial charge on any atom is 0.152 e. The first kappa shape index (κ1) is 10.1. The van der Waals surface area contributed by atoms with Crippen molar-refractivity contribution in [3.8, 4) is 11.3 Å². The highest BCUT2D eigenvalue weighted by molar-refractivity contribution is 6.29. The molecule has 2 nitrogen and oxygen atoms in total. The van der Waals surface area contributed by atoms with Crippen LogP contribution in [0.2, 0.25) is 5.15 Å². The molecule has 1 aromatic heterocycles. The van der Waals surface area contributed by atoms with Crippen LogP contribution in [0.15, 0.2) is 30.3 Å². The van der Waals surface area contributed by atoms with Crippen LogP contribution in [0, 0.1) is 12.7 Å². The van der Waals surface area contributed by atoms with Crippen LogP contribution in [0.1, 0.15) is 5.56 Å². The third kappa shape index (κ3) is 2.13. The number of hydrogen-bond acceptors (Lipinski definition) is 2. The first-order valence-electron chi connectivity index (χ1n) is 4.42. The Morgan fingerprint density at radius 1 is 1.13 bits per heavy atom. The fourth-order valence-electron chi connectivity index (χ4n) is 1.35. The standard InChI is InChI=1S/C11H8ClFN2/c1-7-6-10(12)14-15-11(7)8-2-4-9(13)5-3-8/h2-6H,1H3. The predicted molar refractivity (Wildman–Crippen MR) is 57.2 cm³/mol. The second-order valence-electron chi connectivity index (χ2n) is 3.21. The van der Waals surface area contributed by atoms with E-state index in [1.54, 1.807) is 18.2 Å². The highest BCUT2D eigenvalue weighted by Gasteiger charge is 2.05. The van der Waals surface area contributed by atoms with Crippen LogP contribution in [0.25, 0.3) is 11.3 Å². The molecule has 1 heterocycles. The molecule has 0 bridgehead atoms. The number of benzene rings is 1. The SMILES string of the molecule is Cc1cc(Cl)nnc1-c1ccc(F)cc1. The molecule has 4 heteroatoms. The minimum Gasteiger partial charge on any atom is -0.207 e. The van der Waals surface area contributed by atoms with E-state index >= 15 is 0 Å². The van der Waals surface area contributed by atoms with E-state index in [2.05, 4.69) is 10.2 Å². The molecule has 1 aromatic carbocycles. The van der Waals surface area contributed by atoms with E-state index in [1.807, 2.05) is 6.92 Å². The Bertz CT molecular complexity index is 482. The number of aromatic nitrogens is 2. The van der Waals surface area contributed by atoms with Gasteiger partial charge in [0.15, 0.2) is 5.15 Å². The molecule has 0 N–H and O–H groups in total. The van der Waals surface area contributed by atoms with E-state index in [0.717, 1.165) is 16.8 Å². The molecule has 2 rings (SSSR count). The van der Waals surface area contributed by atoms with Crippen LogP contribution in [0.3, 0.4) is 0 Å². The van der Waals surface area contributed by atoms with E-state index < -0.39 is 0 Å². The first-order valence-corrected chi connectivity index (χ1v) is 4.80. The minimum absolute atomic E-state index is 0.265. The Labute approximate surface area is 91.7 Å². The molecule has 0 aliphatic carbocycles. The van der Waals surface area contributed by atoms with Crippen molar-refractivity contribution in [3.05, 3.63) is 46.9 Å². The van der Waals surface area contributed by atoms with Crippen molar-refractivity contribution in [2.75, 3.05) is 0 Å².